The molecular formula is C16H30N2O3. The Hall–Kier alpha value is -0.650. The van der Waals surface area contributed by atoms with Crippen LogP contribution >= 0.6 is 0 Å². The van der Waals surface area contributed by atoms with E-state index in [4.69, 9.17) is 4.74 Å². The first kappa shape index (κ1) is 16.7. The van der Waals surface area contributed by atoms with E-state index in [-0.39, 0.29) is 17.2 Å². The third-order valence-electron chi connectivity index (χ3n) is 5.54. The zero-order valence-corrected chi connectivity index (χ0v) is 13.8. The van der Waals surface area contributed by atoms with Gasteiger partial charge < -0.3 is 20.1 Å². The maximum Gasteiger partial charge on any atom is 0.224 e. The van der Waals surface area contributed by atoms with Crippen LogP contribution in [0.2, 0.25) is 0 Å². The quantitative estimate of drug-likeness (QED) is 0.795. The van der Waals surface area contributed by atoms with Crippen molar-refractivity contribution in [1.29, 1.82) is 0 Å². The van der Waals surface area contributed by atoms with Gasteiger partial charge in [-0.3, -0.25) is 4.79 Å². The molecule has 2 heterocycles. The molecule has 2 saturated heterocycles. The minimum Gasteiger partial charge on any atom is -0.387 e. The molecule has 0 aromatic heterocycles. The minimum absolute atomic E-state index is 0.0743. The van der Waals surface area contributed by atoms with Crippen LogP contribution in [0.15, 0.2) is 0 Å². The first-order valence-corrected chi connectivity index (χ1v) is 8.09. The van der Waals surface area contributed by atoms with E-state index in [1.54, 1.807) is 0 Å². The molecule has 0 aliphatic carbocycles. The first-order chi connectivity index (χ1) is 9.81. The maximum absolute atomic E-state index is 12.5. The Morgan fingerprint density at radius 2 is 2.24 bits per heavy atom. The van der Waals surface area contributed by atoms with E-state index in [2.05, 4.69) is 24.2 Å². The van der Waals surface area contributed by atoms with Crippen LogP contribution in [0.4, 0.5) is 0 Å². The van der Waals surface area contributed by atoms with E-state index in [9.17, 15) is 9.90 Å². The highest BCUT2D eigenvalue weighted by Crippen LogP contribution is 2.37. The summed E-state index contributed by atoms with van der Waals surface area (Å²) < 4.78 is 5.33. The molecule has 0 aromatic rings. The topological polar surface area (TPSA) is 61.8 Å². The van der Waals surface area contributed by atoms with Crippen LogP contribution < -0.4 is 5.32 Å². The van der Waals surface area contributed by atoms with Crippen molar-refractivity contribution < 1.29 is 14.6 Å². The van der Waals surface area contributed by atoms with Crippen LogP contribution in [-0.4, -0.2) is 60.9 Å². The molecule has 5 heteroatoms. The lowest BCUT2D eigenvalue weighted by Gasteiger charge is -2.39. The summed E-state index contributed by atoms with van der Waals surface area (Å²) in [6.07, 6.45) is 2.56. The van der Waals surface area contributed by atoms with E-state index in [0.29, 0.717) is 32.2 Å². The molecule has 0 bridgehead atoms. The zero-order valence-electron chi connectivity index (χ0n) is 13.8. The van der Waals surface area contributed by atoms with Crippen molar-refractivity contribution in [2.75, 3.05) is 33.4 Å². The predicted octanol–water partition coefficient (Wildman–Crippen LogP) is 1.01. The van der Waals surface area contributed by atoms with Gasteiger partial charge in [0.1, 0.15) is 0 Å². The SMILES string of the molecule is CC[C@@H]1[C@@H](C(=O)NCC(C)(C)C2(O)CCOC2)CCN1C. The summed E-state index contributed by atoms with van der Waals surface area (Å²) in [5.41, 5.74) is -1.22. The lowest BCUT2D eigenvalue weighted by atomic mass is 9.74. The Morgan fingerprint density at radius 3 is 2.81 bits per heavy atom. The summed E-state index contributed by atoms with van der Waals surface area (Å²) in [5.74, 6) is 0.201. The van der Waals surface area contributed by atoms with Gasteiger partial charge in [0.05, 0.1) is 18.1 Å². The van der Waals surface area contributed by atoms with E-state index in [0.717, 1.165) is 19.4 Å². The second kappa shape index (κ2) is 6.23. The Morgan fingerprint density at radius 1 is 1.52 bits per heavy atom. The molecule has 0 aromatic carbocycles. The van der Waals surface area contributed by atoms with Crippen LogP contribution in [0.5, 0.6) is 0 Å². The number of rotatable bonds is 5. The smallest absolute Gasteiger partial charge is 0.224 e. The van der Waals surface area contributed by atoms with Crippen LogP contribution in [0.25, 0.3) is 0 Å². The Bertz CT molecular complexity index is 378. The summed E-state index contributed by atoms with van der Waals surface area (Å²) in [4.78, 5) is 14.7. The molecule has 1 amide bonds. The van der Waals surface area contributed by atoms with Crippen LogP contribution in [0.1, 0.15) is 40.0 Å². The van der Waals surface area contributed by atoms with Crippen molar-refractivity contribution in [2.24, 2.45) is 11.3 Å². The van der Waals surface area contributed by atoms with E-state index in [1.807, 2.05) is 13.8 Å². The molecule has 2 aliphatic rings. The number of nitrogens with zero attached hydrogens (tertiary/aromatic N) is 1. The van der Waals surface area contributed by atoms with Crippen LogP contribution in [0, 0.1) is 11.3 Å². The third-order valence-corrected chi connectivity index (χ3v) is 5.54. The highest BCUT2D eigenvalue weighted by atomic mass is 16.5. The summed E-state index contributed by atoms with van der Waals surface area (Å²) in [6.45, 7) is 8.56. The standard InChI is InChI=1S/C16H30N2O3/c1-5-13-12(6-8-18(13)4)14(19)17-10-15(2,3)16(20)7-9-21-11-16/h12-13,20H,5-11H2,1-4H3,(H,17,19)/t12-,13+,16?/m0/s1. The monoisotopic (exact) mass is 298 g/mol. The van der Waals surface area contributed by atoms with E-state index in [1.165, 1.54) is 0 Å². The number of hydrogen-bond acceptors (Lipinski definition) is 4. The molecule has 2 rings (SSSR count). The zero-order chi connectivity index (χ0) is 15.7. The Kier molecular flexibility index (Phi) is 4.96. The molecule has 2 fully saturated rings. The lowest BCUT2D eigenvalue weighted by Crippen LogP contribution is -2.52. The summed E-state index contributed by atoms with van der Waals surface area (Å²) in [7, 11) is 2.09. The molecule has 21 heavy (non-hydrogen) atoms. The van der Waals surface area contributed by atoms with Gasteiger partial charge in [-0.15, -0.1) is 0 Å². The lowest BCUT2D eigenvalue weighted by molar-refractivity contribution is -0.127. The van der Waals surface area contributed by atoms with Crippen molar-refractivity contribution in [3.63, 3.8) is 0 Å². The molecule has 5 nitrogen and oxygen atoms in total. The highest BCUT2D eigenvalue weighted by molar-refractivity contribution is 5.79. The van der Waals surface area contributed by atoms with Gasteiger partial charge in [-0.2, -0.15) is 0 Å². The molecule has 0 radical (unpaired) electrons. The second-order valence-electron chi connectivity index (χ2n) is 7.29. The van der Waals surface area contributed by atoms with E-state index >= 15 is 0 Å². The van der Waals surface area contributed by atoms with Gasteiger partial charge in [-0.05, 0) is 26.4 Å². The van der Waals surface area contributed by atoms with Gasteiger partial charge in [-0.1, -0.05) is 20.8 Å². The number of likely N-dealkylation sites (tertiary alicyclic amines) is 1. The van der Waals surface area contributed by atoms with Crippen LogP contribution in [-0.2, 0) is 9.53 Å². The van der Waals surface area contributed by atoms with Gasteiger partial charge >= 0.3 is 0 Å². The van der Waals surface area contributed by atoms with Crippen molar-refractivity contribution in [3.8, 4) is 0 Å². The molecular weight excluding hydrogens is 268 g/mol. The number of aliphatic hydroxyl groups is 1. The molecule has 0 saturated carbocycles. The fourth-order valence-electron chi connectivity index (χ4n) is 3.60. The molecule has 2 aliphatic heterocycles. The molecule has 0 spiro atoms. The molecule has 1 unspecified atom stereocenters. The molecule has 122 valence electrons. The minimum atomic E-state index is -0.836. The van der Waals surface area contributed by atoms with Crippen molar-refractivity contribution >= 4 is 5.91 Å². The Balaban J connectivity index is 1.91. The van der Waals surface area contributed by atoms with Crippen molar-refractivity contribution in [1.82, 2.24) is 10.2 Å². The highest BCUT2D eigenvalue weighted by Gasteiger charge is 2.47. The first-order valence-electron chi connectivity index (χ1n) is 8.09. The largest absolute Gasteiger partial charge is 0.387 e. The van der Waals surface area contributed by atoms with Gasteiger partial charge in [0.25, 0.3) is 0 Å². The second-order valence-corrected chi connectivity index (χ2v) is 7.29. The fourth-order valence-corrected chi connectivity index (χ4v) is 3.60. The van der Waals surface area contributed by atoms with Crippen molar-refractivity contribution in [3.05, 3.63) is 0 Å². The average molecular weight is 298 g/mol. The molecule has 2 N–H and O–H groups in total. The van der Waals surface area contributed by atoms with Gasteiger partial charge in [0.2, 0.25) is 5.91 Å². The number of hydrogen-bond donors (Lipinski definition) is 2. The fraction of sp³-hybridized carbons (Fsp3) is 0.938. The summed E-state index contributed by atoms with van der Waals surface area (Å²) in [5, 5.41) is 13.7. The number of nitrogens with one attached hydrogen (secondary N) is 1. The summed E-state index contributed by atoms with van der Waals surface area (Å²) >= 11 is 0. The predicted molar refractivity (Wildman–Crippen MR) is 82.0 cm³/mol. The van der Waals surface area contributed by atoms with Gasteiger partial charge in [0.15, 0.2) is 0 Å². The van der Waals surface area contributed by atoms with Gasteiger partial charge in [-0.25, -0.2) is 0 Å². The normalized spacial score (nSPS) is 34.3. The average Bonchev–Trinajstić information content (AvgIpc) is 3.03. The number of carbonyl (C=O) groups excluding carboxylic acids is 1. The maximum atomic E-state index is 12.5. The summed E-state index contributed by atoms with van der Waals surface area (Å²) in [6, 6.07) is 0.339. The van der Waals surface area contributed by atoms with Crippen LogP contribution in [0.3, 0.4) is 0 Å². The Labute approximate surface area is 128 Å². The van der Waals surface area contributed by atoms with Gasteiger partial charge in [0, 0.05) is 31.0 Å². The number of amides is 1. The van der Waals surface area contributed by atoms with E-state index < -0.39 is 5.60 Å². The number of ether oxygens (including phenoxy) is 1. The molecule has 3 atom stereocenters. The number of carbonyl (C=O) groups is 1. The third kappa shape index (κ3) is 3.25. The van der Waals surface area contributed by atoms with Crippen molar-refractivity contribution in [2.45, 2.75) is 51.7 Å².